The smallest absolute Gasteiger partial charge is 0.119 e. The maximum absolute atomic E-state index is 5.54. The molecule has 0 heterocycles. The van der Waals surface area contributed by atoms with Crippen LogP contribution in [0.15, 0.2) is 53.5 Å². The van der Waals surface area contributed by atoms with E-state index in [1.807, 2.05) is 61.7 Å². The second kappa shape index (κ2) is 8.10. The quantitative estimate of drug-likeness (QED) is 0.694. The Kier molecular flexibility index (Phi) is 5.83. The van der Waals surface area contributed by atoms with Crippen molar-refractivity contribution in [1.29, 1.82) is 0 Å². The lowest BCUT2D eigenvalue weighted by atomic mass is 10.2. The average molecular weight is 283 g/mol. The first kappa shape index (κ1) is 15.1. The summed E-state index contributed by atoms with van der Waals surface area (Å²) in [7, 11) is 0. The highest BCUT2D eigenvalue weighted by atomic mass is 16.5. The predicted octanol–water partition coefficient (Wildman–Crippen LogP) is 4.62. The van der Waals surface area contributed by atoms with E-state index >= 15 is 0 Å². The fourth-order valence-corrected chi connectivity index (χ4v) is 1.81. The first-order chi connectivity index (χ1) is 10.3. The van der Waals surface area contributed by atoms with Crippen molar-refractivity contribution < 1.29 is 9.47 Å². The van der Waals surface area contributed by atoms with Crippen LogP contribution in [0, 0.1) is 0 Å². The zero-order valence-corrected chi connectivity index (χ0v) is 12.6. The molecule has 0 spiro atoms. The van der Waals surface area contributed by atoms with Crippen LogP contribution < -0.4 is 9.47 Å². The van der Waals surface area contributed by atoms with E-state index in [1.165, 1.54) is 0 Å². The molecule has 110 valence electrons. The summed E-state index contributed by atoms with van der Waals surface area (Å²) in [6.07, 6.45) is 2.86. The van der Waals surface area contributed by atoms with Gasteiger partial charge in [-0.3, -0.25) is 4.99 Å². The molecule has 21 heavy (non-hydrogen) atoms. The Balaban J connectivity index is 1.96. The molecule has 0 N–H and O–H groups in total. The Morgan fingerprint density at radius 2 is 1.48 bits per heavy atom. The molecule has 0 aliphatic heterocycles. The van der Waals surface area contributed by atoms with Gasteiger partial charge in [-0.15, -0.1) is 0 Å². The molecule has 0 unspecified atom stereocenters. The molecule has 0 aliphatic rings. The van der Waals surface area contributed by atoms with Crippen LogP contribution in [-0.2, 0) is 0 Å². The zero-order valence-electron chi connectivity index (χ0n) is 12.6. The summed E-state index contributed by atoms with van der Waals surface area (Å²) in [5, 5.41) is 0. The summed E-state index contributed by atoms with van der Waals surface area (Å²) in [6.45, 7) is 5.49. The van der Waals surface area contributed by atoms with Crippen LogP contribution in [0.5, 0.6) is 11.5 Å². The van der Waals surface area contributed by atoms with Gasteiger partial charge in [0, 0.05) is 6.21 Å². The molecule has 3 heteroatoms. The van der Waals surface area contributed by atoms with Crippen molar-refractivity contribution >= 4 is 11.9 Å². The molecule has 0 radical (unpaired) electrons. The van der Waals surface area contributed by atoms with Crippen LogP contribution in [0.3, 0.4) is 0 Å². The molecule has 3 nitrogen and oxygen atoms in total. The second-order valence-corrected chi connectivity index (χ2v) is 4.60. The van der Waals surface area contributed by atoms with Gasteiger partial charge in [-0.25, -0.2) is 0 Å². The third kappa shape index (κ3) is 4.95. The molecule has 0 amide bonds. The Bertz CT molecular complexity index is 559. The highest BCUT2D eigenvalue weighted by Gasteiger charge is 1.95. The van der Waals surface area contributed by atoms with E-state index in [0.717, 1.165) is 35.8 Å². The van der Waals surface area contributed by atoms with Crippen molar-refractivity contribution in [1.82, 2.24) is 0 Å². The first-order valence-electron chi connectivity index (χ1n) is 7.31. The van der Waals surface area contributed by atoms with E-state index < -0.39 is 0 Å². The highest BCUT2D eigenvalue weighted by Crippen LogP contribution is 2.18. The molecular weight excluding hydrogens is 262 g/mol. The SMILES string of the molecule is CCCOc1ccc(N=Cc2ccc(OCC)cc2)cc1. The summed E-state index contributed by atoms with van der Waals surface area (Å²) < 4.78 is 11.0. The molecule has 2 aromatic carbocycles. The van der Waals surface area contributed by atoms with E-state index in [4.69, 9.17) is 9.47 Å². The predicted molar refractivity (Wildman–Crippen MR) is 87.1 cm³/mol. The lowest BCUT2D eigenvalue weighted by Gasteiger charge is -2.04. The maximum Gasteiger partial charge on any atom is 0.119 e. The van der Waals surface area contributed by atoms with E-state index in [2.05, 4.69) is 11.9 Å². The van der Waals surface area contributed by atoms with Gasteiger partial charge in [-0.2, -0.15) is 0 Å². The van der Waals surface area contributed by atoms with Crippen LogP contribution in [0.1, 0.15) is 25.8 Å². The summed E-state index contributed by atoms with van der Waals surface area (Å²) in [4.78, 5) is 4.45. The topological polar surface area (TPSA) is 30.8 Å². The van der Waals surface area contributed by atoms with Crippen LogP contribution in [0.25, 0.3) is 0 Å². The molecule has 0 aliphatic carbocycles. The Morgan fingerprint density at radius 3 is 2.10 bits per heavy atom. The third-order valence-corrected chi connectivity index (χ3v) is 2.86. The number of hydrogen-bond acceptors (Lipinski definition) is 3. The lowest BCUT2D eigenvalue weighted by Crippen LogP contribution is -1.93. The number of ether oxygens (including phenoxy) is 2. The van der Waals surface area contributed by atoms with Crippen LogP contribution >= 0.6 is 0 Å². The van der Waals surface area contributed by atoms with E-state index in [-0.39, 0.29) is 0 Å². The van der Waals surface area contributed by atoms with E-state index in [9.17, 15) is 0 Å². The Hall–Kier alpha value is -2.29. The van der Waals surface area contributed by atoms with Crippen LogP contribution in [-0.4, -0.2) is 19.4 Å². The molecule has 0 aromatic heterocycles. The second-order valence-electron chi connectivity index (χ2n) is 4.60. The van der Waals surface area contributed by atoms with Crippen molar-refractivity contribution in [3.05, 3.63) is 54.1 Å². The summed E-state index contributed by atoms with van der Waals surface area (Å²) in [5.41, 5.74) is 1.96. The minimum atomic E-state index is 0.680. The van der Waals surface area contributed by atoms with E-state index in [0.29, 0.717) is 6.61 Å². The molecule has 0 atom stereocenters. The molecule has 2 rings (SSSR count). The Morgan fingerprint density at radius 1 is 0.857 bits per heavy atom. The van der Waals surface area contributed by atoms with Gasteiger partial charge in [0.15, 0.2) is 0 Å². The van der Waals surface area contributed by atoms with Gasteiger partial charge >= 0.3 is 0 Å². The standard InChI is InChI=1S/C18H21NO2/c1-3-13-21-18-11-7-16(8-12-18)19-14-15-5-9-17(10-6-15)20-4-2/h5-12,14H,3-4,13H2,1-2H3. The molecule has 0 fully saturated rings. The molecule has 2 aromatic rings. The van der Waals surface area contributed by atoms with Crippen molar-refractivity contribution in [2.75, 3.05) is 13.2 Å². The number of benzene rings is 2. The molecule has 0 bridgehead atoms. The van der Waals surface area contributed by atoms with Crippen LogP contribution in [0.4, 0.5) is 5.69 Å². The number of aliphatic imine (C=N–C) groups is 1. The highest BCUT2D eigenvalue weighted by molar-refractivity contribution is 5.82. The van der Waals surface area contributed by atoms with Crippen molar-refractivity contribution in [3.8, 4) is 11.5 Å². The fourth-order valence-electron chi connectivity index (χ4n) is 1.81. The summed E-state index contributed by atoms with van der Waals surface area (Å²) in [6, 6.07) is 15.7. The van der Waals surface area contributed by atoms with Crippen LogP contribution in [0.2, 0.25) is 0 Å². The van der Waals surface area contributed by atoms with Crippen molar-refractivity contribution in [3.63, 3.8) is 0 Å². The van der Waals surface area contributed by atoms with E-state index in [1.54, 1.807) is 0 Å². The van der Waals surface area contributed by atoms with Crippen molar-refractivity contribution in [2.45, 2.75) is 20.3 Å². The van der Waals surface area contributed by atoms with Gasteiger partial charge in [0.1, 0.15) is 11.5 Å². The van der Waals surface area contributed by atoms with Gasteiger partial charge in [-0.05, 0) is 67.4 Å². The lowest BCUT2D eigenvalue weighted by molar-refractivity contribution is 0.317. The molecule has 0 saturated heterocycles. The van der Waals surface area contributed by atoms with Gasteiger partial charge in [0.05, 0.1) is 18.9 Å². The first-order valence-corrected chi connectivity index (χ1v) is 7.31. The fraction of sp³-hybridized carbons (Fsp3) is 0.278. The normalized spacial score (nSPS) is 10.8. The maximum atomic E-state index is 5.54. The van der Waals surface area contributed by atoms with Crippen molar-refractivity contribution in [2.24, 2.45) is 4.99 Å². The van der Waals surface area contributed by atoms with Gasteiger partial charge in [0.2, 0.25) is 0 Å². The molecule has 0 saturated carbocycles. The number of nitrogens with zero attached hydrogens (tertiary/aromatic N) is 1. The number of rotatable bonds is 7. The summed E-state index contributed by atoms with van der Waals surface area (Å²) in [5.74, 6) is 1.77. The monoisotopic (exact) mass is 283 g/mol. The largest absolute Gasteiger partial charge is 0.494 e. The summed E-state index contributed by atoms with van der Waals surface area (Å²) >= 11 is 0. The third-order valence-electron chi connectivity index (χ3n) is 2.86. The van der Waals surface area contributed by atoms with Gasteiger partial charge in [-0.1, -0.05) is 6.92 Å². The molecular formula is C18H21NO2. The zero-order chi connectivity index (χ0) is 14.9. The Labute approximate surface area is 126 Å². The minimum absolute atomic E-state index is 0.680. The van der Waals surface area contributed by atoms with Gasteiger partial charge in [0.25, 0.3) is 0 Å². The van der Waals surface area contributed by atoms with Gasteiger partial charge < -0.3 is 9.47 Å². The minimum Gasteiger partial charge on any atom is -0.494 e. The number of hydrogen-bond donors (Lipinski definition) is 0. The average Bonchev–Trinajstić information content (AvgIpc) is 2.53.